The summed E-state index contributed by atoms with van der Waals surface area (Å²) in [7, 11) is 1.62. The van der Waals surface area contributed by atoms with Crippen LogP contribution in [-0.2, 0) is 9.53 Å². The molecule has 0 heterocycles. The van der Waals surface area contributed by atoms with Gasteiger partial charge in [-0.05, 0) is 0 Å². The Morgan fingerprint density at radius 1 is 1.55 bits per heavy atom. The Hall–Kier alpha value is -1.26. The van der Waals surface area contributed by atoms with Gasteiger partial charge in [0.05, 0.1) is 6.54 Å². The van der Waals surface area contributed by atoms with E-state index in [2.05, 4.69) is 4.74 Å². The summed E-state index contributed by atoms with van der Waals surface area (Å²) in [5.74, 6) is -0.0712. The van der Waals surface area contributed by atoms with E-state index in [0.29, 0.717) is 6.54 Å². The van der Waals surface area contributed by atoms with Crippen LogP contribution in [0.5, 0.6) is 0 Å². The van der Waals surface area contributed by atoms with Gasteiger partial charge in [0.1, 0.15) is 6.61 Å². The maximum Gasteiger partial charge on any atom is 0.404 e. The van der Waals surface area contributed by atoms with E-state index in [4.69, 9.17) is 5.73 Å². The fourth-order valence-corrected chi connectivity index (χ4v) is 0.441. The van der Waals surface area contributed by atoms with Crippen LogP contribution in [0.3, 0.4) is 0 Å². The van der Waals surface area contributed by atoms with Gasteiger partial charge in [0.25, 0.3) is 0 Å². The van der Waals surface area contributed by atoms with Crippen LogP contribution >= 0.6 is 0 Å². The summed E-state index contributed by atoms with van der Waals surface area (Å²) < 4.78 is 4.41. The molecule has 0 aromatic heterocycles. The van der Waals surface area contributed by atoms with E-state index < -0.39 is 6.09 Å². The Morgan fingerprint density at radius 3 is 2.45 bits per heavy atom. The molecule has 5 heteroatoms. The van der Waals surface area contributed by atoms with Crippen LogP contribution in [-0.4, -0.2) is 37.1 Å². The first-order valence-electron chi connectivity index (χ1n) is 3.18. The van der Waals surface area contributed by atoms with Gasteiger partial charge in [-0.25, -0.2) is 4.79 Å². The quantitative estimate of drug-likeness (QED) is 0.608. The van der Waals surface area contributed by atoms with Gasteiger partial charge in [-0.2, -0.15) is 0 Å². The van der Waals surface area contributed by atoms with Gasteiger partial charge in [0, 0.05) is 14.0 Å². The van der Waals surface area contributed by atoms with Gasteiger partial charge in [0.15, 0.2) is 0 Å². The fourth-order valence-electron chi connectivity index (χ4n) is 0.441. The lowest BCUT2D eigenvalue weighted by molar-refractivity contribution is -0.127. The molecule has 11 heavy (non-hydrogen) atoms. The molecule has 0 fully saturated rings. The molecule has 0 radical (unpaired) electrons. The molecule has 0 saturated heterocycles. The molecule has 0 aliphatic carbocycles. The van der Waals surface area contributed by atoms with E-state index in [1.807, 2.05) is 0 Å². The van der Waals surface area contributed by atoms with Crippen molar-refractivity contribution in [2.45, 2.75) is 6.92 Å². The molecular weight excluding hydrogens is 148 g/mol. The summed E-state index contributed by atoms with van der Waals surface area (Å²) in [4.78, 5) is 22.1. The molecule has 2 amide bonds. The monoisotopic (exact) mass is 160 g/mol. The molecular formula is C6H12N2O3. The third kappa shape index (κ3) is 5.20. The molecule has 0 aromatic rings. The Balaban J connectivity index is 3.39. The molecule has 0 rings (SSSR count). The minimum Gasteiger partial charge on any atom is -0.448 e. The van der Waals surface area contributed by atoms with Gasteiger partial charge >= 0.3 is 6.09 Å². The van der Waals surface area contributed by atoms with Gasteiger partial charge in [0.2, 0.25) is 5.91 Å². The second kappa shape index (κ2) is 4.54. The third-order valence-corrected chi connectivity index (χ3v) is 1.21. The number of hydrogen-bond acceptors (Lipinski definition) is 3. The summed E-state index contributed by atoms with van der Waals surface area (Å²) in [5.41, 5.74) is 4.69. The first-order valence-corrected chi connectivity index (χ1v) is 3.18. The Bertz CT molecular complexity index is 158. The Kier molecular flexibility index (Phi) is 4.02. The second-order valence-electron chi connectivity index (χ2n) is 2.11. The summed E-state index contributed by atoms with van der Waals surface area (Å²) in [6.45, 7) is 1.95. The molecule has 0 unspecified atom stereocenters. The number of hydrogen-bond donors (Lipinski definition) is 1. The number of ether oxygens (including phenoxy) is 1. The zero-order valence-electron chi connectivity index (χ0n) is 6.66. The first kappa shape index (κ1) is 9.74. The average molecular weight is 160 g/mol. The highest BCUT2D eigenvalue weighted by Gasteiger charge is 2.01. The van der Waals surface area contributed by atoms with Crippen LogP contribution in [0.2, 0.25) is 0 Å². The number of amides is 2. The number of carbonyl (C=O) groups is 2. The Labute approximate surface area is 65.1 Å². The van der Waals surface area contributed by atoms with Crippen molar-refractivity contribution < 1.29 is 14.3 Å². The third-order valence-electron chi connectivity index (χ3n) is 1.21. The standard InChI is InChI=1S/C6H12N2O3/c1-5(9)8(2)3-4-11-6(7)10/h3-4H2,1-2H3,(H2,7,10). The molecule has 5 nitrogen and oxygen atoms in total. The minimum absolute atomic E-state index is 0.0712. The highest BCUT2D eigenvalue weighted by Crippen LogP contribution is 1.83. The van der Waals surface area contributed by atoms with Crippen molar-refractivity contribution >= 4 is 12.0 Å². The molecule has 2 N–H and O–H groups in total. The predicted molar refractivity (Wildman–Crippen MR) is 38.8 cm³/mol. The lowest BCUT2D eigenvalue weighted by atomic mass is 10.5. The van der Waals surface area contributed by atoms with E-state index >= 15 is 0 Å². The Morgan fingerprint density at radius 2 is 2.09 bits per heavy atom. The number of rotatable bonds is 3. The largest absolute Gasteiger partial charge is 0.448 e. The number of nitrogens with zero attached hydrogens (tertiary/aromatic N) is 1. The van der Waals surface area contributed by atoms with Crippen molar-refractivity contribution in [2.75, 3.05) is 20.2 Å². The fraction of sp³-hybridized carbons (Fsp3) is 0.667. The van der Waals surface area contributed by atoms with Gasteiger partial charge in [-0.15, -0.1) is 0 Å². The van der Waals surface area contributed by atoms with Gasteiger partial charge < -0.3 is 15.4 Å². The van der Waals surface area contributed by atoms with Gasteiger partial charge in [-0.3, -0.25) is 4.79 Å². The maximum absolute atomic E-state index is 10.6. The molecule has 0 spiro atoms. The molecule has 0 atom stereocenters. The van der Waals surface area contributed by atoms with Crippen molar-refractivity contribution in [2.24, 2.45) is 5.73 Å². The van der Waals surface area contributed by atoms with Crippen molar-refractivity contribution in [3.8, 4) is 0 Å². The lowest BCUT2D eigenvalue weighted by Gasteiger charge is -2.13. The highest BCUT2D eigenvalue weighted by molar-refractivity contribution is 5.72. The van der Waals surface area contributed by atoms with E-state index in [-0.39, 0.29) is 12.5 Å². The SMILES string of the molecule is CC(=O)N(C)CCOC(N)=O. The normalized spacial score (nSPS) is 8.91. The van der Waals surface area contributed by atoms with E-state index in [9.17, 15) is 9.59 Å². The first-order chi connectivity index (χ1) is 5.04. The van der Waals surface area contributed by atoms with Gasteiger partial charge in [-0.1, -0.05) is 0 Å². The number of carbonyl (C=O) groups excluding carboxylic acids is 2. The predicted octanol–water partition coefficient (Wildman–Crippen LogP) is -0.440. The van der Waals surface area contributed by atoms with Crippen LogP contribution in [0.15, 0.2) is 0 Å². The van der Waals surface area contributed by atoms with Crippen molar-refractivity contribution in [1.82, 2.24) is 4.90 Å². The van der Waals surface area contributed by atoms with Crippen LogP contribution in [0.1, 0.15) is 6.92 Å². The topological polar surface area (TPSA) is 72.6 Å². The number of primary amides is 1. The zero-order valence-corrected chi connectivity index (χ0v) is 6.66. The van der Waals surface area contributed by atoms with Crippen molar-refractivity contribution in [3.05, 3.63) is 0 Å². The molecule has 0 aliphatic heterocycles. The summed E-state index contributed by atoms with van der Waals surface area (Å²) in [6.07, 6.45) is -0.818. The van der Waals surface area contributed by atoms with Crippen LogP contribution in [0.25, 0.3) is 0 Å². The van der Waals surface area contributed by atoms with E-state index in [1.54, 1.807) is 7.05 Å². The van der Waals surface area contributed by atoms with Crippen molar-refractivity contribution in [1.29, 1.82) is 0 Å². The van der Waals surface area contributed by atoms with Crippen molar-refractivity contribution in [3.63, 3.8) is 0 Å². The smallest absolute Gasteiger partial charge is 0.404 e. The van der Waals surface area contributed by atoms with Crippen LogP contribution < -0.4 is 5.73 Å². The maximum atomic E-state index is 10.6. The number of likely N-dealkylation sites (N-methyl/N-ethyl adjacent to an activating group) is 1. The second-order valence-corrected chi connectivity index (χ2v) is 2.11. The lowest BCUT2D eigenvalue weighted by Crippen LogP contribution is -2.29. The molecule has 0 saturated carbocycles. The molecule has 0 bridgehead atoms. The molecule has 0 aromatic carbocycles. The molecule has 0 aliphatic rings. The number of nitrogens with two attached hydrogens (primary N) is 1. The van der Waals surface area contributed by atoms with E-state index in [1.165, 1.54) is 11.8 Å². The highest BCUT2D eigenvalue weighted by atomic mass is 16.5. The van der Waals surface area contributed by atoms with Crippen LogP contribution in [0.4, 0.5) is 4.79 Å². The summed E-state index contributed by atoms with van der Waals surface area (Å²) in [6, 6.07) is 0. The summed E-state index contributed by atoms with van der Waals surface area (Å²) in [5, 5.41) is 0. The minimum atomic E-state index is -0.818. The average Bonchev–Trinajstić information content (AvgIpc) is 1.86. The van der Waals surface area contributed by atoms with Crippen LogP contribution in [0, 0.1) is 0 Å². The van der Waals surface area contributed by atoms with E-state index in [0.717, 1.165) is 0 Å². The zero-order chi connectivity index (χ0) is 8.85. The summed E-state index contributed by atoms with van der Waals surface area (Å²) >= 11 is 0. The molecule has 64 valence electrons.